The molecule has 0 spiro atoms. The molecule has 3 aliphatic heterocycles. The Morgan fingerprint density at radius 2 is 1.28 bits per heavy atom. The van der Waals surface area contributed by atoms with E-state index in [4.69, 9.17) is 61.5 Å². The van der Waals surface area contributed by atoms with Crippen LogP contribution in [-0.2, 0) is 42.3 Å². The van der Waals surface area contributed by atoms with Gasteiger partial charge in [0.1, 0.15) is 67.2 Å². The van der Waals surface area contributed by atoms with Crippen molar-refractivity contribution in [2.75, 3.05) is 50.0 Å². The number of hydrogen-bond donors (Lipinski definition) is 7. The molecule has 83 heavy (non-hydrogen) atoms. The van der Waals surface area contributed by atoms with Crippen LogP contribution in [0, 0.1) is 0 Å². The topological polar surface area (TPSA) is 340 Å². The Bertz CT molecular complexity index is 2970. The third kappa shape index (κ3) is 16.4. The molecule has 7 N–H and O–H groups in total. The van der Waals surface area contributed by atoms with E-state index >= 15 is 0 Å². The summed E-state index contributed by atoms with van der Waals surface area (Å²) in [5, 5.41) is 50.2. The zero-order chi connectivity index (χ0) is 61.4. The standard InChI is InChI=1S/C29H45ClN5O8P.C19H29ClN5O8P.C3H9BrSi/c1-27(2,3)43-26(37)34(17-11-9-10-12-17)22-18-15-31-35(23(18)33-25(30)32-22)24-21-20(41-28(4,5)42-21)19(40-24)16-39-29(6,13-14-36)44(7,8)38;1-19(6-7-26,34(29,30)31)32-9-12-13(27)14(28)17(33-12)25-16-11(8-21-25)15(23-18(20)24-16)22-10-4-2-3-5-10;1-5(2,3)4/h15,17,19-21,24,36H,9-14,16H2,1-8H3;8,10,12-14,17,26-28H,2-7,9H2,1H3,(H,22,23,24)(H2,29,30,31);1-3H3/t19-,20-,21-,24-,29?;12-,13-,14-,17-,19?;/m11./s1. The molecule has 7 heterocycles. The fourth-order valence-electron chi connectivity index (χ4n) is 10.4. The van der Waals surface area contributed by atoms with Gasteiger partial charge in [0, 0.05) is 38.1 Å². The van der Waals surface area contributed by atoms with Crippen LogP contribution in [0.2, 0.25) is 30.2 Å². The van der Waals surface area contributed by atoms with Crippen LogP contribution in [0.4, 0.5) is 16.4 Å². The number of amides is 1. The number of fused-ring (bicyclic) bond motifs is 3. The van der Waals surface area contributed by atoms with Gasteiger partial charge >= 0.3 is 13.7 Å². The molecular weight excluding hydrogens is 1250 g/mol. The maximum atomic E-state index is 13.6. The van der Waals surface area contributed by atoms with Crippen LogP contribution in [-0.4, -0.2) is 193 Å². The number of halogens is 3. The van der Waals surface area contributed by atoms with Crippen LogP contribution in [0.25, 0.3) is 22.1 Å². The number of carbonyl (C=O) groups is 1. The molecule has 0 radical (unpaired) electrons. The summed E-state index contributed by atoms with van der Waals surface area (Å²) in [6, 6.07) is 0.154. The van der Waals surface area contributed by atoms with Crippen LogP contribution < -0.4 is 10.2 Å². The van der Waals surface area contributed by atoms with Gasteiger partial charge in [-0.2, -0.15) is 30.1 Å². The molecule has 5 fully saturated rings. The molecular formula is C51H83BrCl2N10O16P2Si. The Morgan fingerprint density at radius 1 is 0.783 bits per heavy atom. The number of aliphatic hydroxyl groups excluding tert-OH is 4. The van der Waals surface area contributed by atoms with E-state index < -0.39 is 112 Å². The van der Waals surface area contributed by atoms with Gasteiger partial charge in [-0.05, 0) is 111 Å². The van der Waals surface area contributed by atoms with E-state index in [0.717, 1.165) is 58.3 Å². The minimum absolute atomic E-state index is 0.0240. The normalized spacial score (nSPS) is 26.5. The zero-order valence-corrected chi connectivity index (χ0v) is 55.0. The first-order valence-electron chi connectivity index (χ1n) is 27.9. The van der Waals surface area contributed by atoms with Gasteiger partial charge in [0.2, 0.25) is 10.6 Å². The molecule has 4 aromatic heterocycles. The van der Waals surface area contributed by atoms with Crippen molar-refractivity contribution in [3.05, 3.63) is 23.0 Å². The van der Waals surface area contributed by atoms with Gasteiger partial charge < -0.3 is 73.3 Å². The van der Waals surface area contributed by atoms with Gasteiger partial charge in [-0.3, -0.25) is 9.46 Å². The maximum absolute atomic E-state index is 13.6. The lowest BCUT2D eigenvalue weighted by Crippen LogP contribution is -2.43. The van der Waals surface area contributed by atoms with Crippen LogP contribution in [0.15, 0.2) is 12.4 Å². The number of ether oxygens (including phenoxy) is 7. The summed E-state index contributed by atoms with van der Waals surface area (Å²) in [7, 11) is -7.52. The van der Waals surface area contributed by atoms with Gasteiger partial charge in [-0.25, -0.2) is 14.2 Å². The molecule has 10 atom stereocenters. The van der Waals surface area contributed by atoms with E-state index in [9.17, 15) is 39.0 Å². The molecule has 5 aliphatic rings. The summed E-state index contributed by atoms with van der Waals surface area (Å²) in [4.78, 5) is 51.9. The minimum atomic E-state index is -4.75. The highest BCUT2D eigenvalue weighted by molar-refractivity contribution is 9.26. The quantitative estimate of drug-likeness (QED) is 0.0213. The van der Waals surface area contributed by atoms with E-state index in [1.807, 2.05) is 34.6 Å². The zero-order valence-electron chi connectivity index (χ0n) is 49.1. The van der Waals surface area contributed by atoms with Crippen LogP contribution in [0.3, 0.4) is 0 Å². The van der Waals surface area contributed by atoms with E-state index in [2.05, 4.69) is 70.4 Å². The molecule has 2 aliphatic carbocycles. The van der Waals surface area contributed by atoms with E-state index in [0.29, 0.717) is 33.7 Å². The number of rotatable bonds is 18. The van der Waals surface area contributed by atoms with Gasteiger partial charge in [0.05, 0.1) is 36.4 Å². The molecule has 0 aromatic carbocycles. The summed E-state index contributed by atoms with van der Waals surface area (Å²) in [6.45, 7) is 20.2. The highest BCUT2D eigenvalue weighted by atomic mass is 79.9. The molecule has 2 unspecified atom stereocenters. The molecule has 26 nitrogen and oxygen atoms in total. The Kier molecular flexibility index (Phi) is 21.8. The average molecular weight is 1330 g/mol. The van der Waals surface area contributed by atoms with Crippen molar-refractivity contribution >= 4 is 99.7 Å². The largest absolute Gasteiger partial charge is 0.443 e. The molecule has 468 valence electrons. The second-order valence-electron chi connectivity index (χ2n) is 24.8. The molecule has 9 rings (SSSR count). The highest BCUT2D eigenvalue weighted by Crippen LogP contribution is 2.55. The molecule has 2 saturated carbocycles. The van der Waals surface area contributed by atoms with E-state index in [1.165, 1.54) is 10.9 Å². The lowest BCUT2D eigenvalue weighted by atomic mass is 10.1. The molecule has 3 saturated heterocycles. The monoisotopic (exact) mass is 1330 g/mol. The number of hydrogen-bond acceptors (Lipinski definition) is 21. The third-order valence-electron chi connectivity index (χ3n) is 15.0. The van der Waals surface area contributed by atoms with Gasteiger partial charge in [0.15, 0.2) is 40.7 Å². The van der Waals surface area contributed by atoms with E-state index in [1.54, 1.807) is 36.0 Å². The summed E-state index contributed by atoms with van der Waals surface area (Å²) < 4.78 is 70.0. The Morgan fingerprint density at radius 3 is 1.84 bits per heavy atom. The predicted octanol–water partition coefficient (Wildman–Crippen LogP) is 8.28. The van der Waals surface area contributed by atoms with E-state index in [-0.39, 0.29) is 48.7 Å². The predicted molar refractivity (Wildman–Crippen MR) is 317 cm³/mol. The van der Waals surface area contributed by atoms with Gasteiger partial charge in [0.25, 0.3) is 0 Å². The first-order valence-corrected chi connectivity index (χ1v) is 38.6. The third-order valence-corrected chi connectivity index (χ3v) is 19.6. The minimum Gasteiger partial charge on any atom is -0.443 e. The Balaban J connectivity index is 0.000000227. The van der Waals surface area contributed by atoms with Gasteiger partial charge in [-0.1, -0.05) is 45.3 Å². The highest BCUT2D eigenvalue weighted by Gasteiger charge is 2.57. The summed E-state index contributed by atoms with van der Waals surface area (Å²) in [5.41, 5.74) is -0.0540. The van der Waals surface area contributed by atoms with Crippen molar-refractivity contribution in [1.29, 1.82) is 0 Å². The summed E-state index contributed by atoms with van der Waals surface area (Å²) in [6.07, 6.45) is 2.69. The SMILES string of the molecule is CC(C)(C)OC(=O)N(c1nc(Cl)nc2c1cnn2[C@@H]1O[C@H](COC(C)(CCO)P(C)(C)=O)[C@H]2OC(C)(C)O[C@H]21)C1CCCC1.CC(CCO)(OC[C@H]1O[C@@H](n2ncc3c(NC4CCCC4)nc(Cl)nc32)[C@H](O)[C@@H]1O)P(=O)(O)O.C[Si](C)(C)Br. The number of carbonyl (C=O) groups excluding carboxylic acids is 1. The first kappa shape index (κ1) is 67.9. The Hall–Kier alpha value is -2.57. The summed E-state index contributed by atoms with van der Waals surface area (Å²) >= 11 is 16.2. The molecule has 1 amide bonds. The molecule has 32 heteroatoms. The maximum Gasteiger partial charge on any atom is 0.416 e. The van der Waals surface area contributed by atoms with Crippen molar-refractivity contribution in [2.24, 2.45) is 0 Å². The fourth-order valence-corrected chi connectivity index (χ4v) is 12.4. The number of nitrogens with zero attached hydrogens (tertiary/aromatic N) is 9. The second-order valence-corrected chi connectivity index (χ2v) is 42.4. The van der Waals surface area contributed by atoms with Crippen LogP contribution >= 0.6 is 53.2 Å². The van der Waals surface area contributed by atoms with Crippen molar-refractivity contribution < 1.29 is 77.3 Å². The number of anilines is 2. The second kappa shape index (κ2) is 26.6. The summed E-state index contributed by atoms with van der Waals surface area (Å²) in [5.74, 6) is -0.0689. The van der Waals surface area contributed by atoms with Crippen LogP contribution in [0.5, 0.6) is 0 Å². The number of aromatic nitrogens is 8. The van der Waals surface area contributed by atoms with Crippen LogP contribution in [0.1, 0.15) is 125 Å². The molecule has 0 bridgehead atoms. The number of nitrogens with one attached hydrogen (secondary N) is 1. The average Bonchev–Trinajstić information content (AvgIpc) is 4.43. The lowest BCUT2D eigenvalue weighted by Gasteiger charge is -2.35. The lowest BCUT2D eigenvalue weighted by molar-refractivity contribution is -0.205. The smallest absolute Gasteiger partial charge is 0.416 e. The van der Waals surface area contributed by atoms with Gasteiger partial charge in [-0.15, -0.1) is 15.3 Å². The van der Waals surface area contributed by atoms with Crippen molar-refractivity contribution in [3.8, 4) is 0 Å². The first-order chi connectivity index (χ1) is 38.5. The van der Waals surface area contributed by atoms with Crippen molar-refractivity contribution in [3.63, 3.8) is 0 Å². The van der Waals surface area contributed by atoms with Crippen molar-refractivity contribution in [2.45, 2.75) is 216 Å². The Labute approximate surface area is 502 Å². The van der Waals surface area contributed by atoms with Crippen molar-refractivity contribution in [1.82, 2.24) is 39.5 Å². The molecule has 4 aromatic rings. The fraction of sp³-hybridized carbons (Fsp3) is 0.784. The number of aliphatic hydroxyl groups is 4.